The van der Waals surface area contributed by atoms with Crippen molar-refractivity contribution in [3.63, 3.8) is 0 Å². The van der Waals surface area contributed by atoms with Crippen LogP contribution in [0.25, 0.3) is 0 Å². The molecular formula is C14H16Cl2N2O3S. The lowest BCUT2D eigenvalue weighted by Gasteiger charge is -2.34. The van der Waals surface area contributed by atoms with Crippen LogP contribution in [0.1, 0.15) is 12.8 Å². The molecule has 5 nitrogen and oxygen atoms in total. The molecule has 0 spiro atoms. The predicted octanol–water partition coefficient (Wildman–Crippen LogP) is 2.24. The summed E-state index contributed by atoms with van der Waals surface area (Å²) in [6.07, 6.45) is 1.90. The Morgan fingerprint density at radius 3 is 2.09 bits per heavy atom. The molecule has 0 unspecified atom stereocenters. The Labute approximate surface area is 139 Å². The van der Waals surface area contributed by atoms with E-state index in [0.717, 1.165) is 12.8 Å². The van der Waals surface area contributed by atoms with Gasteiger partial charge in [0, 0.05) is 32.1 Å². The summed E-state index contributed by atoms with van der Waals surface area (Å²) in [6.45, 7) is 1.36. The maximum Gasteiger partial charge on any atom is 0.246 e. The lowest BCUT2D eigenvalue weighted by Crippen LogP contribution is -2.51. The molecule has 120 valence electrons. The second-order valence-electron chi connectivity index (χ2n) is 5.55. The zero-order valence-corrected chi connectivity index (χ0v) is 14.2. The Hall–Kier alpha value is -0.820. The molecular weight excluding hydrogens is 347 g/mol. The van der Waals surface area contributed by atoms with Gasteiger partial charge in [0.25, 0.3) is 0 Å². The molecule has 1 aliphatic carbocycles. The molecule has 1 saturated heterocycles. The van der Waals surface area contributed by atoms with Gasteiger partial charge in [0.05, 0.1) is 10.0 Å². The number of hydrogen-bond acceptors (Lipinski definition) is 3. The number of piperazine rings is 1. The first-order valence-electron chi connectivity index (χ1n) is 7.14. The summed E-state index contributed by atoms with van der Waals surface area (Å²) in [6, 6.07) is 4.62. The van der Waals surface area contributed by atoms with Crippen LogP contribution >= 0.6 is 23.2 Å². The summed E-state index contributed by atoms with van der Waals surface area (Å²) < 4.78 is 26.8. The molecule has 1 amide bonds. The molecule has 1 heterocycles. The van der Waals surface area contributed by atoms with Crippen molar-refractivity contribution in [3.05, 3.63) is 28.2 Å². The quantitative estimate of drug-likeness (QED) is 0.828. The van der Waals surface area contributed by atoms with Crippen LogP contribution in [0.3, 0.4) is 0 Å². The van der Waals surface area contributed by atoms with Crippen molar-refractivity contribution in [2.45, 2.75) is 17.7 Å². The number of benzene rings is 1. The molecule has 1 aromatic rings. The van der Waals surface area contributed by atoms with E-state index >= 15 is 0 Å². The summed E-state index contributed by atoms with van der Waals surface area (Å²) >= 11 is 12.0. The van der Waals surface area contributed by atoms with Crippen LogP contribution < -0.4 is 0 Å². The second-order valence-corrected chi connectivity index (χ2v) is 8.24. The Kier molecular flexibility index (Phi) is 4.38. The Balaban J connectivity index is 1.76. The Bertz CT molecular complexity index is 676. The van der Waals surface area contributed by atoms with Gasteiger partial charge in [-0.3, -0.25) is 4.79 Å². The minimum absolute atomic E-state index is 0.0553. The average Bonchev–Trinajstić information content (AvgIpc) is 3.31. The molecule has 22 heavy (non-hydrogen) atoms. The number of carbonyl (C=O) groups is 1. The van der Waals surface area contributed by atoms with Gasteiger partial charge in [-0.05, 0) is 25.0 Å². The van der Waals surface area contributed by atoms with Crippen molar-refractivity contribution in [2.24, 2.45) is 5.92 Å². The molecule has 2 fully saturated rings. The number of carbonyl (C=O) groups excluding carboxylic acids is 1. The smallest absolute Gasteiger partial charge is 0.246 e. The first-order valence-corrected chi connectivity index (χ1v) is 9.34. The van der Waals surface area contributed by atoms with Crippen LogP contribution in [-0.2, 0) is 14.8 Å². The van der Waals surface area contributed by atoms with E-state index in [2.05, 4.69) is 0 Å². The van der Waals surface area contributed by atoms with Gasteiger partial charge in [-0.2, -0.15) is 4.31 Å². The highest BCUT2D eigenvalue weighted by Crippen LogP contribution is 2.33. The van der Waals surface area contributed by atoms with E-state index in [-0.39, 0.29) is 39.9 Å². The van der Waals surface area contributed by atoms with Crippen molar-refractivity contribution in [3.8, 4) is 0 Å². The predicted molar refractivity (Wildman–Crippen MR) is 84.5 cm³/mol. The van der Waals surface area contributed by atoms with Gasteiger partial charge in [-0.15, -0.1) is 0 Å². The van der Waals surface area contributed by atoms with E-state index in [9.17, 15) is 13.2 Å². The fourth-order valence-corrected chi connectivity index (χ4v) is 5.11. The summed E-state index contributed by atoms with van der Waals surface area (Å²) in [4.78, 5) is 13.7. The maximum absolute atomic E-state index is 12.7. The zero-order chi connectivity index (χ0) is 15.9. The topological polar surface area (TPSA) is 57.7 Å². The van der Waals surface area contributed by atoms with Crippen molar-refractivity contribution in [1.82, 2.24) is 9.21 Å². The molecule has 0 bridgehead atoms. The van der Waals surface area contributed by atoms with Gasteiger partial charge in [-0.25, -0.2) is 8.42 Å². The van der Waals surface area contributed by atoms with Crippen molar-refractivity contribution >= 4 is 39.1 Å². The lowest BCUT2D eigenvalue weighted by atomic mass is 10.3. The van der Waals surface area contributed by atoms with E-state index in [1.165, 1.54) is 16.4 Å². The summed E-state index contributed by atoms with van der Waals surface area (Å²) in [7, 11) is -3.75. The molecule has 1 saturated carbocycles. The molecule has 0 radical (unpaired) electrons. The molecule has 8 heteroatoms. The van der Waals surface area contributed by atoms with Gasteiger partial charge >= 0.3 is 0 Å². The third-order valence-electron chi connectivity index (χ3n) is 3.99. The van der Waals surface area contributed by atoms with Crippen molar-refractivity contribution < 1.29 is 13.2 Å². The monoisotopic (exact) mass is 362 g/mol. The van der Waals surface area contributed by atoms with Gasteiger partial charge in [0.1, 0.15) is 4.90 Å². The summed E-state index contributed by atoms with van der Waals surface area (Å²) in [5.74, 6) is 0.300. The van der Waals surface area contributed by atoms with Crippen LogP contribution in [0.4, 0.5) is 0 Å². The van der Waals surface area contributed by atoms with E-state index in [1.807, 2.05) is 0 Å². The molecule has 3 rings (SSSR count). The van der Waals surface area contributed by atoms with Crippen molar-refractivity contribution in [2.75, 3.05) is 26.2 Å². The highest BCUT2D eigenvalue weighted by molar-refractivity contribution is 7.89. The highest BCUT2D eigenvalue weighted by Gasteiger charge is 2.37. The van der Waals surface area contributed by atoms with Crippen LogP contribution in [0.5, 0.6) is 0 Å². The first-order chi connectivity index (χ1) is 10.4. The van der Waals surface area contributed by atoms with E-state index in [1.54, 1.807) is 11.0 Å². The maximum atomic E-state index is 12.7. The standard InChI is InChI=1S/C14H16Cl2N2O3S/c15-11-2-1-3-12(16)13(11)22(20,21)18-8-6-17(7-9-18)14(19)10-4-5-10/h1-3,10H,4-9H2. The third-order valence-corrected chi connectivity index (χ3v) is 6.85. The minimum atomic E-state index is -3.75. The fourth-order valence-electron chi connectivity index (χ4n) is 2.60. The summed E-state index contributed by atoms with van der Waals surface area (Å²) in [5.41, 5.74) is 0. The number of rotatable bonds is 3. The summed E-state index contributed by atoms with van der Waals surface area (Å²) in [5, 5.41) is 0.230. The van der Waals surface area contributed by atoms with Crippen LogP contribution in [0.2, 0.25) is 10.0 Å². The Morgan fingerprint density at radius 1 is 1.05 bits per heavy atom. The van der Waals surface area contributed by atoms with Gasteiger partial charge in [0.15, 0.2) is 0 Å². The van der Waals surface area contributed by atoms with Gasteiger partial charge < -0.3 is 4.90 Å². The van der Waals surface area contributed by atoms with Gasteiger partial charge in [0.2, 0.25) is 15.9 Å². The molecule has 2 aliphatic rings. The molecule has 0 aromatic heterocycles. The van der Waals surface area contributed by atoms with Gasteiger partial charge in [-0.1, -0.05) is 29.3 Å². The minimum Gasteiger partial charge on any atom is -0.340 e. The average molecular weight is 363 g/mol. The number of halogens is 2. The Morgan fingerprint density at radius 2 is 1.59 bits per heavy atom. The largest absolute Gasteiger partial charge is 0.340 e. The number of hydrogen-bond donors (Lipinski definition) is 0. The van der Waals surface area contributed by atoms with E-state index < -0.39 is 10.0 Å². The molecule has 0 atom stereocenters. The number of amides is 1. The number of nitrogens with zero attached hydrogens (tertiary/aromatic N) is 2. The molecule has 0 N–H and O–H groups in total. The van der Waals surface area contributed by atoms with Crippen LogP contribution in [-0.4, -0.2) is 49.7 Å². The SMILES string of the molecule is O=C(C1CC1)N1CCN(S(=O)(=O)c2c(Cl)cccc2Cl)CC1. The number of sulfonamides is 1. The molecule has 1 aliphatic heterocycles. The third kappa shape index (κ3) is 2.97. The lowest BCUT2D eigenvalue weighted by molar-refractivity contribution is -0.133. The highest BCUT2D eigenvalue weighted by atomic mass is 35.5. The van der Waals surface area contributed by atoms with Crippen LogP contribution in [0.15, 0.2) is 23.1 Å². The normalized spacial score (nSPS) is 20.2. The van der Waals surface area contributed by atoms with E-state index in [4.69, 9.17) is 23.2 Å². The second kappa shape index (κ2) is 6.00. The zero-order valence-electron chi connectivity index (χ0n) is 11.8. The first kappa shape index (κ1) is 16.1. The van der Waals surface area contributed by atoms with Crippen LogP contribution in [0, 0.1) is 5.92 Å². The van der Waals surface area contributed by atoms with Crippen molar-refractivity contribution in [1.29, 1.82) is 0 Å². The van der Waals surface area contributed by atoms with E-state index in [0.29, 0.717) is 13.1 Å². The molecule has 1 aromatic carbocycles. The fraction of sp³-hybridized carbons (Fsp3) is 0.500.